The molecule has 0 fully saturated rings. The van der Waals surface area contributed by atoms with E-state index >= 15 is 0 Å². The molecule has 0 aliphatic heterocycles. The Hall–Kier alpha value is -2.00. The van der Waals surface area contributed by atoms with Crippen LogP contribution in [0.15, 0.2) is 48.5 Å². The molecule has 0 bridgehead atoms. The third kappa shape index (κ3) is 2.37. The van der Waals surface area contributed by atoms with Crippen LogP contribution in [0.5, 0.6) is 0 Å². The largest absolute Gasteiger partial charge is 0.241 e. The fourth-order valence-corrected chi connectivity index (χ4v) is 3.36. The molecule has 3 heteroatoms. The molecule has 3 aromatic rings. The van der Waals surface area contributed by atoms with Gasteiger partial charge >= 0.3 is 0 Å². The minimum atomic E-state index is -0.213. The molecule has 3 rings (SSSR count). The van der Waals surface area contributed by atoms with Gasteiger partial charge in [-0.05, 0) is 37.1 Å². The Balaban J connectivity index is 2.08. The lowest BCUT2D eigenvalue weighted by molar-refractivity contribution is 0.628. The van der Waals surface area contributed by atoms with Crippen molar-refractivity contribution in [2.45, 2.75) is 13.8 Å². The molecule has 0 amide bonds. The fourth-order valence-electron chi connectivity index (χ4n) is 2.19. The summed E-state index contributed by atoms with van der Waals surface area (Å²) in [6.07, 6.45) is 0. The molecule has 0 saturated heterocycles. The Labute approximate surface area is 121 Å². The van der Waals surface area contributed by atoms with Crippen LogP contribution in [0.2, 0.25) is 0 Å². The van der Waals surface area contributed by atoms with Crippen LogP contribution in [0.4, 0.5) is 4.39 Å². The maximum absolute atomic E-state index is 13.0. The topological polar surface area (TPSA) is 12.9 Å². The first-order valence-electron chi connectivity index (χ1n) is 6.44. The van der Waals surface area contributed by atoms with Crippen molar-refractivity contribution in [3.05, 3.63) is 65.6 Å². The Kier molecular flexibility index (Phi) is 3.36. The van der Waals surface area contributed by atoms with Crippen LogP contribution in [0.25, 0.3) is 21.0 Å². The van der Waals surface area contributed by atoms with E-state index in [1.807, 2.05) is 19.1 Å². The van der Waals surface area contributed by atoms with Crippen molar-refractivity contribution in [3.8, 4) is 21.0 Å². The molecule has 100 valence electrons. The number of halogens is 1. The second-order valence-corrected chi connectivity index (χ2v) is 5.75. The monoisotopic (exact) mass is 283 g/mol. The lowest BCUT2D eigenvalue weighted by Gasteiger charge is -2.00. The van der Waals surface area contributed by atoms with Crippen LogP contribution < -0.4 is 0 Å². The van der Waals surface area contributed by atoms with Gasteiger partial charge in [-0.3, -0.25) is 0 Å². The zero-order valence-corrected chi connectivity index (χ0v) is 12.2. The van der Waals surface area contributed by atoms with Gasteiger partial charge in [0.1, 0.15) is 10.8 Å². The second kappa shape index (κ2) is 5.17. The Morgan fingerprint density at radius 1 is 0.950 bits per heavy atom. The maximum Gasteiger partial charge on any atom is 0.124 e. The van der Waals surface area contributed by atoms with Crippen molar-refractivity contribution >= 4 is 11.3 Å². The number of nitrogens with zero attached hydrogens (tertiary/aromatic N) is 1. The number of benzene rings is 2. The summed E-state index contributed by atoms with van der Waals surface area (Å²) < 4.78 is 13.0. The van der Waals surface area contributed by atoms with Crippen LogP contribution in [0.1, 0.15) is 11.3 Å². The average molecular weight is 283 g/mol. The first-order chi connectivity index (χ1) is 9.65. The molecule has 2 aromatic carbocycles. The van der Waals surface area contributed by atoms with Gasteiger partial charge < -0.3 is 0 Å². The summed E-state index contributed by atoms with van der Waals surface area (Å²) in [6, 6.07) is 14.8. The molecule has 0 radical (unpaired) electrons. The smallest absolute Gasteiger partial charge is 0.124 e. The standard InChI is InChI=1S/C17H14FNS/c1-11-5-3-4-6-15(11)17-19-12(2)16(20-17)13-7-9-14(18)10-8-13/h3-10H,1-2H3. The molecule has 0 aliphatic rings. The van der Waals surface area contributed by atoms with E-state index in [1.165, 1.54) is 17.7 Å². The number of aryl methyl sites for hydroxylation is 2. The number of aromatic nitrogens is 1. The molecule has 20 heavy (non-hydrogen) atoms. The summed E-state index contributed by atoms with van der Waals surface area (Å²) in [5, 5.41) is 1.01. The van der Waals surface area contributed by atoms with Crippen LogP contribution in [-0.4, -0.2) is 4.98 Å². The van der Waals surface area contributed by atoms with E-state index in [1.54, 1.807) is 23.5 Å². The Morgan fingerprint density at radius 2 is 1.65 bits per heavy atom. The maximum atomic E-state index is 13.0. The van der Waals surface area contributed by atoms with Crippen molar-refractivity contribution in [2.75, 3.05) is 0 Å². The molecule has 1 heterocycles. The highest BCUT2D eigenvalue weighted by molar-refractivity contribution is 7.18. The predicted molar refractivity (Wildman–Crippen MR) is 82.4 cm³/mol. The molecule has 0 aliphatic carbocycles. The summed E-state index contributed by atoms with van der Waals surface area (Å²) >= 11 is 1.65. The van der Waals surface area contributed by atoms with Gasteiger partial charge in [0.05, 0.1) is 10.6 Å². The molecular weight excluding hydrogens is 269 g/mol. The summed E-state index contributed by atoms with van der Waals surface area (Å²) in [6.45, 7) is 4.08. The summed E-state index contributed by atoms with van der Waals surface area (Å²) in [4.78, 5) is 5.77. The average Bonchev–Trinajstić information content (AvgIpc) is 2.82. The molecule has 0 spiro atoms. The van der Waals surface area contributed by atoms with E-state index in [0.717, 1.165) is 26.7 Å². The first-order valence-corrected chi connectivity index (χ1v) is 7.26. The lowest BCUT2D eigenvalue weighted by Crippen LogP contribution is -1.81. The third-order valence-electron chi connectivity index (χ3n) is 3.28. The molecule has 1 aromatic heterocycles. The van der Waals surface area contributed by atoms with Gasteiger partial charge in [-0.2, -0.15) is 0 Å². The molecule has 0 N–H and O–H groups in total. The first kappa shape index (κ1) is 13.0. The van der Waals surface area contributed by atoms with Crippen LogP contribution >= 0.6 is 11.3 Å². The van der Waals surface area contributed by atoms with Crippen molar-refractivity contribution in [3.63, 3.8) is 0 Å². The molecule has 0 unspecified atom stereocenters. The van der Waals surface area contributed by atoms with Gasteiger partial charge in [0, 0.05) is 5.56 Å². The highest BCUT2D eigenvalue weighted by Crippen LogP contribution is 2.36. The van der Waals surface area contributed by atoms with Gasteiger partial charge in [0.25, 0.3) is 0 Å². The van der Waals surface area contributed by atoms with E-state index in [9.17, 15) is 4.39 Å². The van der Waals surface area contributed by atoms with Crippen molar-refractivity contribution in [1.82, 2.24) is 4.98 Å². The molecule has 1 nitrogen and oxygen atoms in total. The number of rotatable bonds is 2. The highest BCUT2D eigenvalue weighted by atomic mass is 32.1. The Bertz CT molecular complexity index is 744. The minimum absolute atomic E-state index is 0.213. The zero-order valence-electron chi connectivity index (χ0n) is 11.4. The van der Waals surface area contributed by atoms with E-state index in [-0.39, 0.29) is 5.82 Å². The van der Waals surface area contributed by atoms with Gasteiger partial charge in [0.15, 0.2) is 0 Å². The summed E-state index contributed by atoms with van der Waals surface area (Å²) in [5.74, 6) is -0.213. The number of hydrogen-bond donors (Lipinski definition) is 0. The van der Waals surface area contributed by atoms with E-state index < -0.39 is 0 Å². The van der Waals surface area contributed by atoms with Crippen molar-refractivity contribution < 1.29 is 4.39 Å². The van der Waals surface area contributed by atoms with Crippen molar-refractivity contribution in [1.29, 1.82) is 0 Å². The predicted octanol–water partition coefficient (Wildman–Crippen LogP) is 5.23. The van der Waals surface area contributed by atoms with E-state index in [2.05, 4.69) is 24.0 Å². The minimum Gasteiger partial charge on any atom is -0.241 e. The van der Waals surface area contributed by atoms with Gasteiger partial charge in [-0.25, -0.2) is 9.37 Å². The summed E-state index contributed by atoms with van der Waals surface area (Å²) in [5.41, 5.74) is 4.38. The van der Waals surface area contributed by atoms with E-state index in [4.69, 9.17) is 0 Å². The highest BCUT2D eigenvalue weighted by Gasteiger charge is 2.12. The fraction of sp³-hybridized carbons (Fsp3) is 0.118. The van der Waals surface area contributed by atoms with Gasteiger partial charge in [-0.15, -0.1) is 11.3 Å². The zero-order chi connectivity index (χ0) is 14.1. The normalized spacial score (nSPS) is 10.8. The quantitative estimate of drug-likeness (QED) is 0.627. The van der Waals surface area contributed by atoms with E-state index in [0.29, 0.717) is 0 Å². The SMILES string of the molecule is Cc1ccccc1-c1nc(C)c(-c2ccc(F)cc2)s1. The van der Waals surface area contributed by atoms with Crippen LogP contribution in [0, 0.1) is 19.7 Å². The van der Waals surface area contributed by atoms with Gasteiger partial charge in [-0.1, -0.05) is 36.4 Å². The number of thiazole rings is 1. The van der Waals surface area contributed by atoms with Crippen molar-refractivity contribution in [2.24, 2.45) is 0 Å². The molecular formula is C17H14FNS. The molecule has 0 saturated carbocycles. The Morgan fingerprint density at radius 3 is 2.35 bits per heavy atom. The lowest BCUT2D eigenvalue weighted by atomic mass is 10.1. The van der Waals surface area contributed by atoms with Crippen LogP contribution in [-0.2, 0) is 0 Å². The third-order valence-corrected chi connectivity index (χ3v) is 4.52. The molecule has 0 atom stereocenters. The number of hydrogen-bond acceptors (Lipinski definition) is 2. The van der Waals surface area contributed by atoms with Gasteiger partial charge in [0.2, 0.25) is 0 Å². The second-order valence-electron chi connectivity index (χ2n) is 4.76. The summed E-state index contributed by atoms with van der Waals surface area (Å²) in [7, 11) is 0. The van der Waals surface area contributed by atoms with Crippen LogP contribution in [0.3, 0.4) is 0 Å².